The minimum atomic E-state index is 0.593. The number of rotatable bonds is 4. The summed E-state index contributed by atoms with van der Waals surface area (Å²) < 4.78 is 12.7. The smallest absolute Gasteiger partial charge is 0.139 e. The molecule has 0 fully saturated rings. The first-order valence-electron chi connectivity index (χ1n) is 15.8. The van der Waals surface area contributed by atoms with Crippen molar-refractivity contribution in [2.45, 2.75) is 18.2 Å². The maximum Gasteiger partial charge on any atom is 0.139 e. The predicted molar refractivity (Wildman–Crippen MR) is 195 cm³/mol. The van der Waals surface area contributed by atoms with Crippen molar-refractivity contribution in [1.29, 1.82) is 0 Å². The fourth-order valence-electron chi connectivity index (χ4n) is 6.79. The number of furan rings is 2. The molecule has 0 bridgehead atoms. The molecule has 0 amide bonds. The lowest BCUT2D eigenvalue weighted by Gasteiger charge is -2.14. The number of hydrogen-bond acceptors (Lipinski definition) is 3. The van der Waals surface area contributed by atoms with E-state index in [2.05, 4.69) is 134 Å². The van der Waals surface area contributed by atoms with Crippen LogP contribution in [-0.4, -0.2) is 0 Å². The Hall–Kier alpha value is -5.25. The van der Waals surface area contributed by atoms with Crippen LogP contribution in [0.2, 0.25) is 0 Å². The monoisotopic (exact) mass is 610 g/mol. The third-order valence-electron chi connectivity index (χ3n) is 9.32. The van der Waals surface area contributed by atoms with Crippen molar-refractivity contribution < 1.29 is 8.83 Å². The van der Waals surface area contributed by atoms with Gasteiger partial charge in [0.05, 0.1) is 0 Å². The summed E-state index contributed by atoms with van der Waals surface area (Å²) >= 11 is 4.86. The van der Waals surface area contributed by atoms with Gasteiger partial charge >= 0.3 is 0 Å². The van der Waals surface area contributed by atoms with Crippen LogP contribution in [0.5, 0.6) is 0 Å². The Balaban J connectivity index is 1.11. The molecule has 1 unspecified atom stereocenters. The molecule has 0 saturated carbocycles. The molecule has 2 aromatic heterocycles. The van der Waals surface area contributed by atoms with E-state index in [-0.39, 0.29) is 0 Å². The lowest BCUT2D eigenvalue weighted by atomic mass is 9.92. The highest BCUT2D eigenvalue weighted by molar-refractivity contribution is 7.80. The van der Waals surface area contributed by atoms with Gasteiger partial charge in [-0.05, 0) is 105 Å². The molecule has 8 aromatic rings. The zero-order valence-corrected chi connectivity index (χ0v) is 26.2. The summed E-state index contributed by atoms with van der Waals surface area (Å²) in [6, 6.07) is 42.9. The average Bonchev–Trinajstić information content (AvgIpc) is 3.64. The Morgan fingerprint density at radius 1 is 0.522 bits per heavy atom. The minimum absolute atomic E-state index is 0.593. The molecule has 0 N–H and O–H groups in total. The molecule has 6 aromatic carbocycles. The molecule has 1 atom stereocenters. The van der Waals surface area contributed by atoms with Crippen LogP contribution in [0.25, 0.3) is 82.8 Å². The number of fused-ring (bicyclic) bond motifs is 6. The Bertz CT molecular complexity index is 2530. The molecular weight excluding hydrogens is 581 g/mol. The van der Waals surface area contributed by atoms with Crippen molar-refractivity contribution in [3.05, 3.63) is 145 Å². The van der Waals surface area contributed by atoms with E-state index in [9.17, 15) is 0 Å². The van der Waals surface area contributed by atoms with E-state index in [4.69, 9.17) is 21.5 Å². The molecule has 0 spiro atoms. The van der Waals surface area contributed by atoms with Crippen LogP contribution in [0.4, 0.5) is 0 Å². The molecule has 0 radical (unpaired) electrons. The van der Waals surface area contributed by atoms with Crippen LogP contribution < -0.4 is 0 Å². The molecular formula is C43H30O2S. The molecule has 0 aliphatic heterocycles. The summed E-state index contributed by atoms with van der Waals surface area (Å²) in [6.45, 7) is 2.25. The van der Waals surface area contributed by atoms with Crippen molar-refractivity contribution in [3.63, 3.8) is 0 Å². The Morgan fingerprint density at radius 3 is 2.04 bits per heavy atom. The fraction of sp³-hybridized carbons (Fsp3) is 0.0698. The quantitative estimate of drug-likeness (QED) is 0.201. The van der Waals surface area contributed by atoms with Gasteiger partial charge in [-0.3, -0.25) is 0 Å². The summed E-state index contributed by atoms with van der Waals surface area (Å²) in [7, 11) is 0. The molecule has 0 saturated heterocycles. The van der Waals surface area contributed by atoms with Crippen LogP contribution in [0.3, 0.4) is 0 Å². The van der Waals surface area contributed by atoms with Gasteiger partial charge in [0.1, 0.15) is 22.3 Å². The van der Waals surface area contributed by atoms with Crippen LogP contribution in [0.1, 0.15) is 18.9 Å². The molecule has 9 rings (SSSR count). The van der Waals surface area contributed by atoms with Gasteiger partial charge in [-0.25, -0.2) is 0 Å². The minimum Gasteiger partial charge on any atom is -0.456 e. The fourth-order valence-corrected chi connectivity index (χ4v) is 7.06. The first-order chi connectivity index (χ1) is 22.6. The second-order valence-electron chi connectivity index (χ2n) is 12.4. The first kappa shape index (κ1) is 27.1. The second-order valence-corrected chi connectivity index (χ2v) is 12.9. The molecule has 1 aliphatic rings. The largest absolute Gasteiger partial charge is 0.456 e. The van der Waals surface area contributed by atoms with Crippen molar-refractivity contribution >= 4 is 62.1 Å². The maximum absolute atomic E-state index is 6.45. The van der Waals surface area contributed by atoms with Gasteiger partial charge in [-0.15, -0.1) is 12.6 Å². The van der Waals surface area contributed by atoms with Gasteiger partial charge in [0, 0.05) is 32.5 Å². The highest BCUT2D eigenvalue weighted by Crippen LogP contribution is 2.40. The van der Waals surface area contributed by atoms with E-state index in [1.807, 2.05) is 12.1 Å². The third kappa shape index (κ3) is 4.58. The van der Waals surface area contributed by atoms with Crippen LogP contribution in [-0.2, 0) is 0 Å². The Labute approximate surface area is 272 Å². The lowest BCUT2D eigenvalue weighted by molar-refractivity contribution is 0.656. The first-order valence-corrected chi connectivity index (χ1v) is 16.2. The van der Waals surface area contributed by atoms with E-state index in [0.29, 0.717) is 5.92 Å². The van der Waals surface area contributed by atoms with Crippen LogP contribution >= 0.6 is 12.6 Å². The summed E-state index contributed by atoms with van der Waals surface area (Å²) in [6.07, 6.45) is 7.95. The van der Waals surface area contributed by atoms with Gasteiger partial charge in [0.25, 0.3) is 0 Å². The topological polar surface area (TPSA) is 26.3 Å². The molecule has 3 heteroatoms. The van der Waals surface area contributed by atoms with E-state index in [1.165, 1.54) is 22.3 Å². The predicted octanol–water partition coefficient (Wildman–Crippen LogP) is 12.8. The highest BCUT2D eigenvalue weighted by Gasteiger charge is 2.16. The van der Waals surface area contributed by atoms with E-state index in [1.54, 1.807) is 0 Å². The molecule has 46 heavy (non-hydrogen) atoms. The van der Waals surface area contributed by atoms with Crippen LogP contribution in [0, 0.1) is 5.92 Å². The normalized spacial score (nSPS) is 14.9. The van der Waals surface area contributed by atoms with Gasteiger partial charge < -0.3 is 8.83 Å². The standard InChI is InChI=1S/C43H30O2S/c1-26-10-12-28(13-11-26)29-8-5-9-33(20-29)35-21-31(16-19-43(35)46)32-14-17-34-37-24-38-36-22-30(27-6-3-2-4-7-27)15-18-39(36)44-42(38)25-41(37)45-40(34)23-32/h2-10,12-26,46H,11H2,1H3. The van der Waals surface area contributed by atoms with Crippen molar-refractivity contribution in [2.75, 3.05) is 0 Å². The second kappa shape index (κ2) is 10.7. The van der Waals surface area contributed by atoms with Crippen LogP contribution in [0.15, 0.2) is 153 Å². The Kier molecular flexibility index (Phi) is 6.29. The molecule has 1 aliphatic carbocycles. The number of allylic oxidation sites excluding steroid dienone is 4. The van der Waals surface area contributed by atoms with E-state index in [0.717, 1.165) is 77.4 Å². The number of hydrogen-bond donors (Lipinski definition) is 1. The summed E-state index contributed by atoms with van der Waals surface area (Å²) in [5, 5.41) is 4.39. The lowest BCUT2D eigenvalue weighted by Crippen LogP contribution is -1.94. The van der Waals surface area contributed by atoms with Gasteiger partial charge in [0.15, 0.2) is 0 Å². The van der Waals surface area contributed by atoms with Gasteiger partial charge in [-0.2, -0.15) is 0 Å². The van der Waals surface area contributed by atoms with Gasteiger partial charge in [-0.1, -0.05) is 91.9 Å². The maximum atomic E-state index is 6.45. The SMILES string of the molecule is CC1C=CC(c2cccc(-c3cc(-c4ccc5c(c4)oc4cc6oc7ccc(-c8ccccc8)cc7c6cc45)ccc3S)c2)=CC1. The van der Waals surface area contributed by atoms with Crippen molar-refractivity contribution in [2.24, 2.45) is 5.92 Å². The Morgan fingerprint density at radius 2 is 1.20 bits per heavy atom. The molecule has 2 nitrogen and oxygen atoms in total. The summed E-state index contributed by atoms with van der Waals surface area (Å²) in [4.78, 5) is 0.956. The van der Waals surface area contributed by atoms with Gasteiger partial charge in [0.2, 0.25) is 0 Å². The van der Waals surface area contributed by atoms with E-state index >= 15 is 0 Å². The van der Waals surface area contributed by atoms with Crippen molar-refractivity contribution in [1.82, 2.24) is 0 Å². The number of thiol groups is 1. The number of benzene rings is 6. The average molecular weight is 611 g/mol. The molecule has 2 heterocycles. The van der Waals surface area contributed by atoms with Crippen molar-refractivity contribution in [3.8, 4) is 33.4 Å². The third-order valence-corrected chi connectivity index (χ3v) is 9.71. The summed E-state index contributed by atoms with van der Waals surface area (Å²) in [5.74, 6) is 0.593. The zero-order valence-electron chi connectivity index (χ0n) is 25.3. The zero-order chi connectivity index (χ0) is 30.8. The highest BCUT2D eigenvalue weighted by atomic mass is 32.1. The molecule has 220 valence electrons. The summed E-state index contributed by atoms with van der Waals surface area (Å²) in [5.41, 5.74) is 12.8. The van der Waals surface area contributed by atoms with E-state index < -0.39 is 0 Å².